The minimum absolute atomic E-state index is 0.0658. The standard InChI is InChI=1S/C15H16NO/c1-17-12-15(14-9-3-2-4-10-14)16-11-13-7-5-6-8-13/h2-11,15H,12H2,1H3/t15-/m1/s1. The molecule has 0 unspecified atom stereocenters. The van der Waals surface area contributed by atoms with Crippen molar-refractivity contribution in [3.63, 3.8) is 0 Å². The van der Waals surface area contributed by atoms with Crippen LogP contribution in [0.15, 0.2) is 35.3 Å². The van der Waals surface area contributed by atoms with E-state index in [1.807, 2.05) is 50.1 Å². The normalized spacial score (nSPS) is 18.9. The van der Waals surface area contributed by atoms with Gasteiger partial charge in [-0.1, -0.05) is 30.3 Å². The highest BCUT2D eigenvalue weighted by Gasteiger charge is 2.15. The number of nitrogens with zero attached hydrogens (tertiary/aromatic N) is 1. The van der Waals surface area contributed by atoms with Crippen molar-refractivity contribution in [1.29, 1.82) is 0 Å². The fourth-order valence-electron chi connectivity index (χ4n) is 1.71. The molecule has 2 rings (SSSR count). The van der Waals surface area contributed by atoms with Crippen LogP contribution in [0, 0.1) is 31.6 Å². The summed E-state index contributed by atoms with van der Waals surface area (Å²) >= 11 is 0. The van der Waals surface area contributed by atoms with Crippen LogP contribution in [0.5, 0.6) is 0 Å². The summed E-state index contributed by atoms with van der Waals surface area (Å²) in [5, 5.41) is 0. The van der Waals surface area contributed by atoms with E-state index in [0.29, 0.717) is 6.61 Å². The van der Waals surface area contributed by atoms with E-state index in [0.717, 1.165) is 5.92 Å². The highest BCUT2D eigenvalue weighted by Crippen LogP contribution is 2.23. The van der Waals surface area contributed by atoms with E-state index in [-0.39, 0.29) is 6.04 Å². The highest BCUT2D eigenvalue weighted by atomic mass is 16.5. The minimum atomic E-state index is 0.0658. The fraction of sp³-hybridized carbons (Fsp3) is 0.200. The van der Waals surface area contributed by atoms with Gasteiger partial charge in [0.05, 0.1) is 12.6 Å². The first-order valence-corrected chi connectivity index (χ1v) is 5.69. The molecule has 0 spiro atoms. The molecule has 0 aromatic heterocycles. The Morgan fingerprint density at radius 1 is 1.18 bits per heavy atom. The highest BCUT2D eigenvalue weighted by molar-refractivity contribution is 5.82. The van der Waals surface area contributed by atoms with Gasteiger partial charge in [0.25, 0.3) is 0 Å². The Bertz CT molecular complexity index is 341. The molecule has 0 saturated heterocycles. The van der Waals surface area contributed by atoms with Crippen LogP contribution in [-0.4, -0.2) is 19.9 Å². The monoisotopic (exact) mass is 226 g/mol. The zero-order chi connectivity index (χ0) is 11.9. The van der Waals surface area contributed by atoms with Crippen LogP contribution in [0.25, 0.3) is 0 Å². The Labute approximate surface area is 104 Å². The summed E-state index contributed by atoms with van der Waals surface area (Å²) in [6.07, 6.45) is 10.00. The Balaban J connectivity index is 2.01. The van der Waals surface area contributed by atoms with Gasteiger partial charge in [-0.2, -0.15) is 0 Å². The van der Waals surface area contributed by atoms with Crippen LogP contribution in [0.1, 0.15) is 11.6 Å². The third-order valence-corrected chi connectivity index (χ3v) is 2.60. The molecule has 1 aliphatic carbocycles. The maximum atomic E-state index is 5.21. The summed E-state index contributed by atoms with van der Waals surface area (Å²) in [6.45, 7) is 0.598. The lowest BCUT2D eigenvalue weighted by Crippen LogP contribution is -2.05. The lowest BCUT2D eigenvalue weighted by atomic mass is 10.1. The Hall–Kier alpha value is -1.15. The van der Waals surface area contributed by atoms with Gasteiger partial charge in [0.2, 0.25) is 0 Å². The molecule has 87 valence electrons. The van der Waals surface area contributed by atoms with E-state index in [9.17, 15) is 0 Å². The molecule has 2 heteroatoms. The molecule has 1 aromatic carbocycles. The van der Waals surface area contributed by atoms with Gasteiger partial charge >= 0.3 is 0 Å². The van der Waals surface area contributed by atoms with Crippen molar-refractivity contribution in [3.05, 3.63) is 67.5 Å². The second-order valence-electron chi connectivity index (χ2n) is 3.88. The number of rotatable bonds is 5. The van der Waals surface area contributed by atoms with Crippen LogP contribution in [0.3, 0.4) is 0 Å². The minimum Gasteiger partial charge on any atom is -0.382 e. The lowest BCUT2D eigenvalue weighted by molar-refractivity contribution is 0.181. The fourth-order valence-corrected chi connectivity index (χ4v) is 1.71. The largest absolute Gasteiger partial charge is 0.382 e. The lowest BCUT2D eigenvalue weighted by Gasteiger charge is -2.12. The van der Waals surface area contributed by atoms with Crippen molar-refractivity contribution < 1.29 is 4.74 Å². The molecular formula is C15H16NO. The average molecular weight is 226 g/mol. The zero-order valence-corrected chi connectivity index (χ0v) is 9.91. The number of hydrogen-bond acceptors (Lipinski definition) is 2. The average Bonchev–Trinajstić information content (AvgIpc) is 2.88. The molecule has 1 atom stereocenters. The molecule has 17 heavy (non-hydrogen) atoms. The predicted molar refractivity (Wildman–Crippen MR) is 70.0 cm³/mol. The van der Waals surface area contributed by atoms with Crippen molar-refractivity contribution >= 4 is 6.21 Å². The molecule has 1 saturated carbocycles. The van der Waals surface area contributed by atoms with Gasteiger partial charge < -0.3 is 4.74 Å². The second-order valence-corrected chi connectivity index (χ2v) is 3.88. The third kappa shape index (κ3) is 3.67. The van der Waals surface area contributed by atoms with Gasteiger partial charge in [-0.25, -0.2) is 0 Å². The van der Waals surface area contributed by atoms with Crippen LogP contribution in [-0.2, 0) is 4.74 Å². The van der Waals surface area contributed by atoms with E-state index in [1.54, 1.807) is 7.11 Å². The van der Waals surface area contributed by atoms with Gasteiger partial charge in [0, 0.05) is 19.2 Å². The Morgan fingerprint density at radius 2 is 1.88 bits per heavy atom. The molecule has 0 bridgehead atoms. The number of benzene rings is 1. The van der Waals surface area contributed by atoms with Crippen molar-refractivity contribution in [3.8, 4) is 0 Å². The smallest absolute Gasteiger partial charge is 0.0978 e. The summed E-state index contributed by atoms with van der Waals surface area (Å²) in [4.78, 5) is 4.58. The predicted octanol–water partition coefficient (Wildman–Crippen LogP) is 2.85. The zero-order valence-electron chi connectivity index (χ0n) is 9.91. The van der Waals surface area contributed by atoms with Crippen molar-refractivity contribution in [2.45, 2.75) is 6.04 Å². The van der Waals surface area contributed by atoms with Crippen LogP contribution in [0.4, 0.5) is 0 Å². The third-order valence-electron chi connectivity index (χ3n) is 2.60. The number of ether oxygens (including phenoxy) is 1. The molecule has 0 amide bonds. The number of aliphatic imine (C=N–C) groups is 1. The van der Waals surface area contributed by atoms with Gasteiger partial charge in [-0.15, -0.1) is 0 Å². The van der Waals surface area contributed by atoms with Gasteiger partial charge in [-0.3, -0.25) is 4.99 Å². The topological polar surface area (TPSA) is 21.6 Å². The summed E-state index contributed by atoms with van der Waals surface area (Å²) in [5.41, 5.74) is 1.18. The first-order valence-electron chi connectivity index (χ1n) is 5.69. The Kier molecular flexibility index (Phi) is 4.75. The first-order chi connectivity index (χ1) is 8.40. The van der Waals surface area contributed by atoms with Crippen molar-refractivity contribution in [1.82, 2.24) is 0 Å². The van der Waals surface area contributed by atoms with Crippen LogP contribution >= 0.6 is 0 Å². The van der Waals surface area contributed by atoms with E-state index in [2.05, 4.69) is 17.1 Å². The quantitative estimate of drug-likeness (QED) is 0.707. The molecule has 1 fully saturated rings. The SMILES string of the molecule is COC[C@@H](N=C[C]1[CH][CH][CH][CH]1)c1ccccc1. The van der Waals surface area contributed by atoms with Crippen molar-refractivity contribution in [2.24, 2.45) is 4.99 Å². The van der Waals surface area contributed by atoms with Gasteiger partial charge in [-0.05, 0) is 31.2 Å². The Morgan fingerprint density at radius 3 is 2.53 bits per heavy atom. The maximum absolute atomic E-state index is 5.21. The molecule has 1 aromatic rings. The first kappa shape index (κ1) is 12.3. The van der Waals surface area contributed by atoms with E-state index >= 15 is 0 Å². The van der Waals surface area contributed by atoms with Crippen molar-refractivity contribution in [2.75, 3.05) is 13.7 Å². The second kappa shape index (κ2) is 6.55. The summed E-state index contributed by atoms with van der Waals surface area (Å²) in [5.74, 6) is 1.13. The van der Waals surface area contributed by atoms with E-state index in [4.69, 9.17) is 4.74 Å². The molecule has 5 radical (unpaired) electrons. The maximum Gasteiger partial charge on any atom is 0.0978 e. The molecule has 0 N–H and O–H groups in total. The van der Waals surface area contributed by atoms with Crippen LogP contribution < -0.4 is 0 Å². The molecule has 0 aliphatic heterocycles. The van der Waals surface area contributed by atoms with Crippen LogP contribution in [0.2, 0.25) is 0 Å². The van der Waals surface area contributed by atoms with Gasteiger partial charge in [0.15, 0.2) is 0 Å². The summed E-state index contributed by atoms with van der Waals surface area (Å²) in [6, 6.07) is 10.3. The van der Waals surface area contributed by atoms with Gasteiger partial charge in [0.1, 0.15) is 0 Å². The summed E-state index contributed by atoms with van der Waals surface area (Å²) in [7, 11) is 1.70. The molecule has 2 nitrogen and oxygen atoms in total. The molecular weight excluding hydrogens is 210 g/mol. The molecule has 0 heterocycles. The molecule has 1 aliphatic rings. The van der Waals surface area contributed by atoms with E-state index < -0.39 is 0 Å². The van der Waals surface area contributed by atoms with E-state index in [1.165, 1.54) is 5.56 Å². The number of methoxy groups -OCH3 is 1. The number of hydrogen-bond donors (Lipinski definition) is 0. The summed E-state index contributed by atoms with van der Waals surface area (Å²) < 4.78 is 5.21.